The predicted octanol–water partition coefficient (Wildman–Crippen LogP) is 4.27. The normalized spacial score (nSPS) is 10.5. The molecule has 2 aromatic heterocycles. The first-order valence-corrected chi connectivity index (χ1v) is 7.94. The van der Waals surface area contributed by atoms with Crippen molar-refractivity contribution in [1.29, 1.82) is 0 Å². The molecular weight excluding hydrogens is 361 g/mol. The first kappa shape index (κ1) is 15.8. The van der Waals surface area contributed by atoms with Gasteiger partial charge in [0.2, 0.25) is 5.13 Å². The largest absolute Gasteiger partial charge is 0.485 e. The van der Waals surface area contributed by atoms with Crippen molar-refractivity contribution in [3.05, 3.63) is 57.4 Å². The lowest BCUT2D eigenvalue weighted by atomic mass is 10.3. The molecule has 0 radical (unpaired) electrons. The lowest BCUT2D eigenvalue weighted by Gasteiger charge is -2.05. The number of nitrogens with one attached hydrogen (secondary N) is 1. The standard InChI is InChI=1S/C14H9Cl2N3O3S/c15-8-3-4-10(9(16)6-8)22-7-12-18-19-14(23-12)17-13(20)11-2-1-5-21-11/h1-6H,7H2,(H,17,19,20). The molecule has 0 aliphatic heterocycles. The summed E-state index contributed by atoms with van der Waals surface area (Å²) in [6.45, 7) is 0.176. The molecule has 6 nitrogen and oxygen atoms in total. The van der Waals surface area contributed by atoms with Gasteiger partial charge in [0.25, 0.3) is 5.91 Å². The molecule has 0 unspecified atom stereocenters. The summed E-state index contributed by atoms with van der Waals surface area (Å²) in [5.41, 5.74) is 0. The predicted molar refractivity (Wildman–Crippen MR) is 87.4 cm³/mol. The molecule has 0 spiro atoms. The van der Waals surface area contributed by atoms with E-state index >= 15 is 0 Å². The Labute approximate surface area is 145 Å². The van der Waals surface area contributed by atoms with Crippen molar-refractivity contribution in [3.8, 4) is 5.75 Å². The number of hydrogen-bond acceptors (Lipinski definition) is 6. The zero-order chi connectivity index (χ0) is 16.2. The van der Waals surface area contributed by atoms with Crippen LogP contribution >= 0.6 is 34.5 Å². The van der Waals surface area contributed by atoms with Gasteiger partial charge in [-0.2, -0.15) is 0 Å². The first-order chi connectivity index (χ1) is 11.1. The maximum Gasteiger partial charge on any atom is 0.293 e. The Morgan fingerprint density at radius 3 is 2.91 bits per heavy atom. The van der Waals surface area contributed by atoms with Gasteiger partial charge in [0.05, 0.1) is 11.3 Å². The number of anilines is 1. The molecule has 1 N–H and O–H groups in total. The lowest BCUT2D eigenvalue weighted by Crippen LogP contribution is -2.10. The fourth-order valence-electron chi connectivity index (χ4n) is 1.66. The van der Waals surface area contributed by atoms with Gasteiger partial charge in [0.1, 0.15) is 12.4 Å². The molecule has 0 bridgehead atoms. The van der Waals surface area contributed by atoms with Crippen LogP contribution in [0.25, 0.3) is 0 Å². The number of amides is 1. The lowest BCUT2D eigenvalue weighted by molar-refractivity contribution is 0.0996. The zero-order valence-corrected chi connectivity index (χ0v) is 13.8. The average molecular weight is 370 g/mol. The van der Waals surface area contributed by atoms with E-state index in [0.29, 0.717) is 25.9 Å². The number of rotatable bonds is 5. The van der Waals surface area contributed by atoms with E-state index in [1.165, 1.54) is 17.6 Å². The van der Waals surface area contributed by atoms with Crippen LogP contribution in [0, 0.1) is 0 Å². The second-order valence-electron chi connectivity index (χ2n) is 4.30. The minimum atomic E-state index is -0.389. The molecule has 0 saturated carbocycles. The highest BCUT2D eigenvalue weighted by Gasteiger charge is 2.13. The highest BCUT2D eigenvalue weighted by molar-refractivity contribution is 7.15. The number of carbonyl (C=O) groups is 1. The van der Waals surface area contributed by atoms with Crippen molar-refractivity contribution >= 4 is 45.6 Å². The SMILES string of the molecule is O=C(Nc1nnc(COc2ccc(Cl)cc2Cl)s1)c1ccco1. The maximum absolute atomic E-state index is 11.8. The topological polar surface area (TPSA) is 77.2 Å². The van der Waals surface area contributed by atoms with Gasteiger partial charge in [-0.05, 0) is 30.3 Å². The summed E-state index contributed by atoms with van der Waals surface area (Å²) in [7, 11) is 0. The van der Waals surface area contributed by atoms with E-state index in [1.807, 2.05) is 0 Å². The van der Waals surface area contributed by atoms with Gasteiger partial charge in [-0.1, -0.05) is 34.5 Å². The van der Waals surface area contributed by atoms with Crippen LogP contribution in [0.15, 0.2) is 41.0 Å². The first-order valence-electron chi connectivity index (χ1n) is 6.37. The summed E-state index contributed by atoms with van der Waals surface area (Å²) in [5, 5.41) is 12.3. The van der Waals surface area contributed by atoms with Crippen LogP contribution in [0.1, 0.15) is 15.6 Å². The summed E-state index contributed by atoms with van der Waals surface area (Å²) in [5.74, 6) is 0.303. The van der Waals surface area contributed by atoms with E-state index in [2.05, 4.69) is 15.5 Å². The number of ether oxygens (including phenoxy) is 1. The Morgan fingerprint density at radius 2 is 2.17 bits per heavy atom. The van der Waals surface area contributed by atoms with Gasteiger partial charge >= 0.3 is 0 Å². The van der Waals surface area contributed by atoms with E-state index in [9.17, 15) is 4.79 Å². The number of hydrogen-bond donors (Lipinski definition) is 1. The molecule has 3 rings (SSSR count). The molecule has 0 saturated heterocycles. The molecule has 0 aliphatic rings. The fourth-order valence-corrected chi connectivity index (χ4v) is 2.77. The van der Waals surface area contributed by atoms with Crippen molar-refractivity contribution in [2.45, 2.75) is 6.61 Å². The van der Waals surface area contributed by atoms with Crippen molar-refractivity contribution in [2.24, 2.45) is 0 Å². The summed E-state index contributed by atoms with van der Waals surface area (Å²) < 4.78 is 10.6. The molecule has 0 atom stereocenters. The molecular formula is C14H9Cl2N3O3S. The van der Waals surface area contributed by atoms with Crippen LogP contribution in [0.3, 0.4) is 0 Å². The molecule has 3 aromatic rings. The van der Waals surface area contributed by atoms with Crippen LogP contribution < -0.4 is 10.1 Å². The van der Waals surface area contributed by atoms with E-state index in [4.69, 9.17) is 32.4 Å². The van der Waals surface area contributed by atoms with Crippen molar-refractivity contribution in [2.75, 3.05) is 5.32 Å². The van der Waals surface area contributed by atoms with Crippen LogP contribution in [-0.2, 0) is 6.61 Å². The third-order valence-electron chi connectivity index (χ3n) is 2.68. The summed E-state index contributed by atoms with van der Waals surface area (Å²) >= 11 is 13.0. The van der Waals surface area contributed by atoms with Crippen LogP contribution in [0.4, 0.5) is 5.13 Å². The average Bonchev–Trinajstić information content (AvgIpc) is 3.17. The Morgan fingerprint density at radius 1 is 1.30 bits per heavy atom. The number of benzene rings is 1. The fraction of sp³-hybridized carbons (Fsp3) is 0.0714. The van der Waals surface area contributed by atoms with Crippen LogP contribution in [-0.4, -0.2) is 16.1 Å². The smallest absolute Gasteiger partial charge is 0.293 e. The van der Waals surface area contributed by atoms with E-state index < -0.39 is 0 Å². The van der Waals surface area contributed by atoms with E-state index in [-0.39, 0.29) is 18.3 Å². The quantitative estimate of drug-likeness (QED) is 0.726. The van der Waals surface area contributed by atoms with Gasteiger partial charge in [-0.15, -0.1) is 10.2 Å². The Hall–Kier alpha value is -2.09. The highest BCUT2D eigenvalue weighted by atomic mass is 35.5. The molecule has 0 fully saturated rings. The number of furan rings is 1. The molecule has 23 heavy (non-hydrogen) atoms. The highest BCUT2D eigenvalue weighted by Crippen LogP contribution is 2.28. The third kappa shape index (κ3) is 4.01. The van der Waals surface area contributed by atoms with Crippen LogP contribution in [0.2, 0.25) is 10.0 Å². The maximum atomic E-state index is 11.8. The van der Waals surface area contributed by atoms with Gasteiger partial charge in [-0.25, -0.2) is 0 Å². The second-order valence-corrected chi connectivity index (χ2v) is 6.20. The molecule has 2 heterocycles. The number of halogens is 2. The summed E-state index contributed by atoms with van der Waals surface area (Å²) in [4.78, 5) is 11.8. The molecule has 1 amide bonds. The second kappa shape index (κ2) is 6.99. The number of carbonyl (C=O) groups excluding carboxylic acids is 1. The Balaban J connectivity index is 1.60. The summed E-state index contributed by atoms with van der Waals surface area (Å²) in [6, 6.07) is 8.13. The van der Waals surface area contributed by atoms with Gasteiger partial charge in [0, 0.05) is 5.02 Å². The van der Waals surface area contributed by atoms with Gasteiger partial charge in [-0.3, -0.25) is 10.1 Å². The monoisotopic (exact) mass is 369 g/mol. The molecule has 118 valence electrons. The zero-order valence-electron chi connectivity index (χ0n) is 11.5. The molecule has 1 aromatic carbocycles. The van der Waals surface area contributed by atoms with Crippen molar-refractivity contribution in [3.63, 3.8) is 0 Å². The van der Waals surface area contributed by atoms with Gasteiger partial charge < -0.3 is 9.15 Å². The van der Waals surface area contributed by atoms with E-state index in [1.54, 1.807) is 30.3 Å². The minimum Gasteiger partial charge on any atom is -0.485 e. The van der Waals surface area contributed by atoms with E-state index in [0.717, 1.165) is 0 Å². The van der Waals surface area contributed by atoms with Crippen LogP contribution in [0.5, 0.6) is 5.75 Å². The number of nitrogens with zero attached hydrogens (tertiary/aromatic N) is 2. The molecule has 9 heteroatoms. The van der Waals surface area contributed by atoms with Gasteiger partial charge in [0.15, 0.2) is 10.8 Å². The van der Waals surface area contributed by atoms with Crippen molar-refractivity contribution in [1.82, 2.24) is 10.2 Å². The Bertz CT molecular complexity index is 821. The van der Waals surface area contributed by atoms with Crippen molar-refractivity contribution < 1.29 is 13.9 Å². The molecule has 0 aliphatic carbocycles. The Kier molecular flexibility index (Phi) is 4.80. The minimum absolute atomic E-state index is 0.176. The third-order valence-corrected chi connectivity index (χ3v) is 4.02. The summed E-state index contributed by atoms with van der Waals surface area (Å²) in [6.07, 6.45) is 1.42. The number of aromatic nitrogens is 2.